The average Bonchev–Trinajstić information content (AvgIpc) is 3.14. The standard InChI is InChI=1S/C19H25N3O3S/c1-26(24,25)21-19(8-3-2-4-9-19)10-7-16-13-17(15-20-14-16)18(23)22-11-5-6-12-22/h13-15,21H,2-6,8-9,11-12H2,1H3. The van der Waals surface area contributed by atoms with E-state index in [9.17, 15) is 13.2 Å². The quantitative estimate of drug-likeness (QED) is 0.819. The van der Waals surface area contributed by atoms with Crippen molar-refractivity contribution >= 4 is 15.9 Å². The van der Waals surface area contributed by atoms with E-state index in [1.54, 1.807) is 18.5 Å². The first-order valence-electron chi connectivity index (χ1n) is 9.13. The van der Waals surface area contributed by atoms with Crippen LogP contribution in [0.1, 0.15) is 60.9 Å². The number of hydrogen-bond acceptors (Lipinski definition) is 4. The number of nitrogens with zero attached hydrogens (tertiary/aromatic N) is 2. The fraction of sp³-hybridized carbons (Fsp3) is 0.579. The number of hydrogen-bond donors (Lipinski definition) is 1. The molecular formula is C19H25N3O3S. The van der Waals surface area contributed by atoms with Gasteiger partial charge in [0.25, 0.3) is 5.91 Å². The van der Waals surface area contributed by atoms with E-state index in [0.717, 1.165) is 45.2 Å². The molecule has 1 amide bonds. The number of likely N-dealkylation sites (tertiary alicyclic amines) is 1. The summed E-state index contributed by atoms with van der Waals surface area (Å²) in [6.45, 7) is 1.58. The van der Waals surface area contributed by atoms with Crippen molar-refractivity contribution in [2.45, 2.75) is 50.5 Å². The highest BCUT2D eigenvalue weighted by atomic mass is 32.2. The number of pyridine rings is 1. The molecule has 26 heavy (non-hydrogen) atoms. The van der Waals surface area contributed by atoms with Crippen LogP contribution in [0, 0.1) is 11.8 Å². The van der Waals surface area contributed by atoms with E-state index in [4.69, 9.17) is 0 Å². The molecule has 1 aliphatic carbocycles. The van der Waals surface area contributed by atoms with Crippen LogP contribution in [0.15, 0.2) is 18.5 Å². The van der Waals surface area contributed by atoms with Crippen molar-refractivity contribution in [3.63, 3.8) is 0 Å². The largest absolute Gasteiger partial charge is 0.339 e. The highest BCUT2D eigenvalue weighted by Crippen LogP contribution is 2.28. The van der Waals surface area contributed by atoms with Gasteiger partial charge in [0.15, 0.2) is 0 Å². The number of amides is 1. The predicted molar refractivity (Wildman–Crippen MR) is 100 cm³/mol. The van der Waals surface area contributed by atoms with Gasteiger partial charge >= 0.3 is 0 Å². The zero-order chi connectivity index (χ0) is 18.6. The minimum Gasteiger partial charge on any atom is -0.339 e. The number of carbonyl (C=O) groups is 1. The summed E-state index contributed by atoms with van der Waals surface area (Å²) in [5, 5.41) is 0. The lowest BCUT2D eigenvalue weighted by molar-refractivity contribution is 0.0792. The molecule has 1 aliphatic heterocycles. The maximum absolute atomic E-state index is 12.5. The predicted octanol–water partition coefficient (Wildman–Crippen LogP) is 1.92. The molecule has 0 aromatic carbocycles. The lowest BCUT2D eigenvalue weighted by atomic mass is 9.83. The Labute approximate surface area is 155 Å². The van der Waals surface area contributed by atoms with Gasteiger partial charge in [0.1, 0.15) is 0 Å². The van der Waals surface area contributed by atoms with Gasteiger partial charge in [-0.3, -0.25) is 9.78 Å². The van der Waals surface area contributed by atoms with Crippen LogP contribution in [0.2, 0.25) is 0 Å². The Morgan fingerprint density at radius 3 is 2.50 bits per heavy atom. The lowest BCUT2D eigenvalue weighted by Crippen LogP contribution is -2.48. The summed E-state index contributed by atoms with van der Waals surface area (Å²) >= 11 is 0. The summed E-state index contributed by atoms with van der Waals surface area (Å²) in [5.74, 6) is 6.18. The number of carbonyl (C=O) groups excluding carboxylic acids is 1. The van der Waals surface area contributed by atoms with E-state index in [1.807, 2.05) is 4.90 Å². The Kier molecular flexibility index (Phi) is 5.64. The molecule has 140 valence electrons. The number of rotatable bonds is 3. The van der Waals surface area contributed by atoms with Gasteiger partial charge in [0, 0.05) is 31.0 Å². The summed E-state index contributed by atoms with van der Waals surface area (Å²) in [6, 6.07) is 1.75. The molecule has 2 heterocycles. The van der Waals surface area contributed by atoms with E-state index in [1.165, 1.54) is 6.26 Å². The van der Waals surface area contributed by atoms with E-state index in [2.05, 4.69) is 21.5 Å². The molecule has 2 fully saturated rings. The van der Waals surface area contributed by atoms with E-state index >= 15 is 0 Å². The Bertz CT molecular complexity index is 827. The van der Waals surface area contributed by atoms with Crippen molar-refractivity contribution in [1.82, 2.24) is 14.6 Å². The van der Waals surface area contributed by atoms with Gasteiger partial charge in [-0.1, -0.05) is 31.1 Å². The first kappa shape index (κ1) is 18.9. The molecule has 3 rings (SSSR count). The van der Waals surface area contributed by atoms with Gasteiger partial charge in [-0.15, -0.1) is 0 Å². The van der Waals surface area contributed by atoms with E-state index in [-0.39, 0.29) is 5.91 Å². The third kappa shape index (κ3) is 4.83. The molecule has 1 aromatic heterocycles. The summed E-state index contributed by atoms with van der Waals surface area (Å²) in [6.07, 6.45) is 10.8. The zero-order valence-electron chi connectivity index (χ0n) is 15.1. The fourth-order valence-electron chi connectivity index (χ4n) is 3.68. The molecule has 7 heteroatoms. The van der Waals surface area contributed by atoms with Gasteiger partial charge in [0.2, 0.25) is 10.0 Å². The third-order valence-electron chi connectivity index (χ3n) is 4.91. The van der Waals surface area contributed by atoms with E-state index < -0.39 is 15.6 Å². The topological polar surface area (TPSA) is 79.4 Å². The lowest BCUT2D eigenvalue weighted by Gasteiger charge is -2.32. The molecular weight excluding hydrogens is 350 g/mol. The minimum atomic E-state index is -3.35. The van der Waals surface area contributed by atoms with Gasteiger partial charge in [-0.2, -0.15) is 4.72 Å². The van der Waals surface area contributed by atoms with Crippen LogP contribution in [-0.4, -0.2) is 49.1 Å². The summed E-state index contributed by atoms with van der Waals surface area (Å²) in [7, 11) is -3.35. The molecule has 1 saturated carbocycles. The number of nitrogens with one attached hydrogen (secondary N) is 1. The molecule has 0 atom stereocenters. The summed E-state index contributed by atoms with van der Waals surface area (Å²) in [5.41, 5.74) is 0.448. The molecule has 0 bridgehead atoms. The average molecular weight is 375 g/mol. The summed E-state index contributed by atoms with van der Waals surface area (Å²) < 4.78 is 26.3. The van der Waals surface area contributed by atoms with Crippen molar-refractivity contribution in [2.75, 3.05) is 19.3 Å². The Morgan fingerprint density at radius 2 is 1.85 bits per heavy atom. The Hall–Kier alpha value is -1.91. The maximum Gasteiger partial charge on any atom is 0.255 e. The van der Waals surface area contributed by atoms with Crippen molar-refractivity contribution in [1.29, 1.82) is 0 Å². The molecule has 0 unspecified atom stereocenters. The Balaban J connectivity index is 1.83. The number of aromatic nitrogens is 1. The van der Waals surface area contributed by atoms with Gasteiger partial charge < -0.3 is 4.90 Å². The van der Waals surface area contributed by atoms with E-state index in [0.29, 0.717) is 24.0 Å². The molecule has 1 N–H and O–H groups in total. The second kappa shape index (κ2) is 7.77. The fourth-order valence-corrected chi connectivity index (χ4v) is 4.65. The smallest absolute Gasteiger partial charge is 0.255 e. The maximum atomic E-state index is 12.5. The summed E-state index contributed by atoms with van der Waals surface area (Å²) in [4.78, 5) is 18.5. The van der Waals surface area contributed by atoms with Crippen LogP contribution < -0.4 is 4.72 Å². The minimum absolute atomic E-state index is 0.0136. The van der Waals surface area contributed by atoms with Crippen molar-refractivity contribution < 1.29 is 13.2 Å². The zero-order valence-corrected chi connectivity index (χ0v) is 15.9. The van der Waals surface area contributed by atoms with Gasteiger partial charge in [-0.05, 0) is 31.7 Å². The first-order chi connectivity index (χ1) is 12.4. The molecule has 1 saturated heterocycles. The SMILES string of the molecule is CS(=O)(=O)NC1(C#Cc2cncc(C(=O)N3CCCC3)c2)CCCCC1. The van der Waals surface area contributed by atoms with Crippen molar-refractivity contribution in [3.05, 3.63) is 29.6 Å². The van der Waals surface area contributed by atoms with Crippen LogP contribution in [0.3, 0.4) is 0 Å². The molecule has 6 nitrogen and oxygen atoms in total. The van der Waals surface area contributed by atoms with Crippen molar-refractivity contribution in [2.24, 2.45) is 0 Å². The Morgan fingerprint density at radius 1 is 1.15 bits per heavy atom. The van der Waals surface area contributed by atoms with Crippen molar-refractivity contribution in [3.8, 4) is 11.8 Å². The first-order valence-corrected chi connectivity index (χ1v) is 11.0. The second-order valence-corrected chi connectivity index (χ2v) is 8.98. The van der Waals surface area contributed by atoms with Gasteiger partial charge in [-0.25, -0.2) is 8.42 Å². The molecule has 2 aliphatic rings. The molecule has 1 aromatic rings. The van der Waals surface area contributed by atoms with Crippen LogP contribution in [0.4, 0.5) is 0 Å². The monoisotopic (exact) mass is 375 g/mol. The molecule has 0 radical (unpaired) electrons. The van der Waals surface area contributed by atoms with Crippen LogP contribution >= 0.6 is 0 Å². The molecule has 0 spiro atoms. The van der Waals surface area contributed by atoms with Crippen LogP contribution in [0.25, 0.3) is 0 Å². The number of sulfonamides is 1. The highest BCUT2D eigenvalue weighted by Gasteiger charge is 2.33. The van der Waals surface area contributed by atoms with Crippen LogP contribution in [-0.2, 0) is 10.0 Å². The van der Waals surface area contributed by atoms with Crippen LogP contribution in [0.5, 0.6) is 0 Å². The third-order valence-corrected chi connectivity index (χ3v) is 5.67. The second-order valence-electron chi connectivity index (χ2n) is 7.23. The highest BCUT2D eigenvalue weighted by molar-refractivity contribution is 7.88. The normalized spacial score (nSPS) is 19.7. The van der Waals surface area contributed by atoms with Gasteiger partial charge in [0.05, 0.1) is 17.4 Å².